The molecule has 1 atom stereocenters. The number of nitrogens with zero attached hydrogens (tertiary/aromatic N) is 5. The molecule has 0 spiro atoms. The summed E-state index contributed by atoms with van der Waals surface area (Å²) in [5, 5.41) is 5.20. The molecule has 0 aliphatic carbocycles. The van der Waals surface area contributed by atoms with Gasteiger partial charge in [0.25, 0.3) is 0 Å². The topological polar surface area (TPSA) is 73.1 Å². The highest BCUT2D eigenvalue weighted by atomic mass is 19.4. The molecule has 1 aliphatic rings. The van der Waals surface area contributed by atoms with Gasteiger partial charge < -0.3 is 9.64 Å². The predicted molar refractivity (Wildman–Crippen MR) is 128 cm³/mol. The predicted octanol–water partition coefficient (Wildman–Crippen LogP) is 5.19. The van der Waals surface area contributed by atoms with Crippen molar-refractivity contribution < 1.29 is 22.7 Å². The van der Waals surface area contributed by atoms with E-state index in [1.165, 1.54) is 12.1 Å². The molecular weight excluding hydrogens is 471 g/mol. The van der Waals surface area contributed by atoms with Crippen LogP contribution in [0.1, 0.15) is 52.3 Å². The first kappa shape index (κ1) is 23.9. The van der Waals surface area contributed by atoms with Crippen molar-refractivity contribution in [1.29, 1.82) is 0 Å². The van der Waals surface area contributed by atoms with Crippen molar-refractivity contribution in [3.8, 4) is 0 Å². The Labute approximate surface area is 205 Å². The number of fused-ring (bicyclic) bond motifs is 1. The number of hydrogen-bond donors (Lipinski definition) is 0. The lowest BCUT2D eigenvalue weighted by Gasteiger charge is -2.30. The molecule has 1 aliphatic heterocycles. The smallest absolute Gasteiger partial charge is 0.370 e. The Bertz CT molecular complexity index is 1370. The minimum Gasteiger partial charge on any atom is -0.370 e. The van der Waals surface area contributed by atoms with Crippen LogP contribution in [0, 0.1) is 0 Å². The molecule has 4 aromatic rings. The van der Waals surface area contributed by atoms with Crippen LogP contribution >= 0.6 is 0 Å². The summed E-state index contributed by atoms with van der Waals surface area (Å²) in [7, 11) is 0. The number of carbonyl (C=O) groups excluding carboxylic acids is 1. The highest BCUT2D eigenvalue weighted by Gasteiger charge is 2.31. The van der Waals surface area contributed by atoms with E-state index in [9.17, 15) is 18.0 Å². The number of rotatable bonds is 8. The Morgan fingerprint density at radius 1 is 1.03 bits per heavy atom. The molecule has 186 valence electrons. The minimum atomic E-state index is -4.42. The number of aldehydes is 1. The van der Waals surface area contributed by atoms with Crippen LogP contribution in [0.4, 0.5) is 19.1 Å². The van der Waals surface area contributed by atoms with Crippen molar-refractivity contribution >= 4 is 23.3 Å². The Balaban J connectivity index is 1.53. The first-order chi connectivity index (χ1) is 17.3. The second-order valence-electron chi connectivity index (χ2n) is 8.73. The van der Waals surface area contributed by atoms with Gasteiger partial charge in [-0.3, -0.25) is 4.79 Å². The van der Waals surface area contributed by atoms with Gasteiger partial charge in [-0.15, -0.1) is 0 Å². The summed E-state index contributed by atoms with van der Waals surface area (Å²) < 4.78 is 46.7. The van der Waals surface area contributed by atoms with Gasteiger partial charge >= 0.3 is 6.18 Å². The van der Waals surface area contributed by atoms with Crippen molar-refractivity contribution in [3.63, 3.8) is 0 Å². The molecule has 2 aromatic carbocycles. The number of ether oxygens (including phenoxy) is 1. The number of alkyl halides is 3. The largest absolute Gasteiger partial charge is 0.416 e. The highest BCUT2D eigenvalue weighted by Crippen LogP contribution is 2.32. The zero-order valence-electron chi connectivity index (χ0n) is 19.6. The van der Waals surface area contributed by atoms with Crippen LogP contribution in [-0.4, -0.2) is 39.1 Å². The van der Waals surface area contributed by atoms with E-state index in [4.69, 9.17) is 14.8 Å². The van der Waals surface area contributed by atoms with Gasteiger partial charge in [0.2, 0.25) is 5.95 Å². The van der Waals surface area contributed by atoms with E-state index in [1.807, 2.05) is 42.2 Å². The van der Waals surface area contributed by atoms with Gasteiger partial charge in [-0.25, -0.2) is 9.67 Å². The van der Waals surface area contributed by atoms with Gasteiger partial charge in [-0.05, 0) is 36.6 Å². The zero-order valence-corrected chi connectivity index (χ0v) is 19.6. The molecule has 36 heavy (non-hydrogen) atoms. The summed E-state index contributed by atoms with van der Waals surface area (Å²) in [5.41, 5.74) is 2.05. The Morgan fingerprint density at radius 2 is 1.75 bits per heavy atom. The van der Waals surface area contributed by atoms with Gasteiger partial charge in [-0.1, -0.05) is 42.5 Å². The van der Waals surface area contributed by atoms with E-state index in [2.05, 4.69) is 4.98 Å². The SMILES string of the molecule is C[C@@H](c1ccc(C(F)(F)F)cc1)n1nc(COCc2ccccc2)c2c(C=O)nc(N3CCC3)nc21. The molecule has 5 rings (SSSR count). The molecule has 0 bridgehead atoms. The summed E-state index contributed by atoms with van der Waals surface area (Å²) >= 11 is 0. The highest BCUT2D eigenvalue weighted by molar-refractivity contribution is 5.95. The number of halogens is 3. The molecule has 7 nitrogen and oxygen atoms in total. The normalized spacial score (nSPS) is 14.6. The Hall–Kier alpha value is -3.79. The second-order valence-corrected chi connectivity index (χ2v) is 8.73. The second kappa shape index (κ2) is 9.69. The molecule has 2 aromatic heterocycles. The number of benzene rings is 2. The van der Waals surface area contributed by atoms with E-state index < -0.39 is 17.8 Å². The van der Waals surface area contributed by atoms with Crippen LogP contribution < -0.4 is 4.90 Å². The van der Waals surface area contributed by atoms with E-state index in [1.54, 1.807) is 4.68 Å². The van der Waals surface area contributed by atoms with E-state index in [-0.39, 0.29) is 12.3 Å². The lowest BCUT2D eigenvalue weighted by atomic mass is 10.1. The first-order valence-corrected chi connectivity index (χ1v) is 11.6. The average Bonchev–Trinajstić information content (AvgIpc) is 3.21. The third kappa shape index (κ3) is 4.68. The Kier molecular flexibility index (Phi) is 6.44. The third-order valence-electron chi connectivity index (χ3n) is 6.33. The standard InChI is InChI=1S/C26H24F3N5O2/c1-17(19-8-10-20(11-9-19)26(27,28)29)34-24-23(21(14-35)30-25(31-24)33-12-5-13-33)22(32-34)16-36-15-18-6-3-2-4-7-18/h2-4,6-11,14,17H,5,12-13,15-16H2,1H3/t17-/m0/s1. The summed E-state index contributed by atoms with van der Waals surface area (Å²) in [4.78, 5) is 23.2. The van der Waals surface area contributed by atoms with Gasteiger partial charge in [0.05, 0.1) is 30.2 Å². The number of anilines is 1. The maximum Gasteiger partial charge on any atom is 0.416 e. The molecule has 1 fully saturated rings. The fourth-order valence-corrected chi connectivity index (χ4v) is 4.17. The molecule has 3 heterocycles. The molecule has 0 saturated carbocycles. The Morgan fingerprint density at radius 3 is 2.36 bits per heavy atom. The van der Waals surface area contributed by atoms with Gasteiger partial charge in [0.15, 0.2) is 11.9 Å². The van der Waals surface area contributed by atoms with Gasteiger partial charge in [0, 0.05) is 13.1 Å². The molecular formula is C26H24F3N5O2. The van der Waals surface area contributed by atoms with Crippen LogP contribution in [0.25, 0.3) is 11.0 Å². The average molecular weight is 496 g/mol. The van der Waals surface area contributed by atoms with Crippen molar-refractivity contribution in [2.45, 2.75) is 38.8 Å². The fourth-order valence-electron chi connectivity index (χ4n) is 4.17. The van der Waals surface area contributed by atoms with Gasteiger partial charge in [0.1, 0.15) is 11.4 Å². The zero-order chi connectivity index (χ0) is 25.3. The lowest BCUT2D eigenvalue weighted by Crippen LogP contribution is -2.38. The van der Waals surface area contributed by atoms with Crippen molar-refractivity contribution in [3.05, 3.63) is 82.7 Å². The minimum absolute atomic E-state index is 0.116. The third-order valence-corrected chi connectivity index (χ3v) is 6.33. The number of aromatic nitrogens is 4. The maximum atomic E-state index is 13.1. The number of carbonyl (C=O) groups is 1. The molecule has 0 N–H and O–H groups in total. The summed E-state index contributed by atoms with van der Waals surface area (Å²) in [5.74, 6) is 0.438. The summed E-state index contributed by atoms with van der Waals surface area (Å²) in [6, 6.07) is 14.2. The quantitative estimate of drug-likeness (QED) is 0.313. The summed E-state index contributed by atoms with van der Waals surface area (Å²) in [6.45, 7) is 3.88. The van der Waals surface area contributed by atoms with Crippen molar-refractivity contribution in [2.24, 2.45) is 0 Å². The first-order valence-electron chi connectivity index (χ1n) is 11.6. The van der Waals surface area contributed by atoms with Gasteiger partial charge in [-0.2, -0.15) is 23.3 Å². The molecule has 10 heteroatoms. The fraction of sp³-hybridized carbons (Fsp3) is 0.308. The van der Waals surface area contributed by atoms with E-state index in [0.29, 0.717) is 41.1 Å². The maximum absolute atomic E-state index is 13.1. The van der Waals surface area contributed by atoms with Crippen LogP contribution in [0.2, 0.25) is 0 Å². The van der Waals surface area contributed by atoms with Crippen LogP contribution in [0.3, 0.4) is 0 Å². The van der Waals surface area contributed by atoms with Crippen LogP contribution in [0.5, 0.6) is 0 Å². The molecule has 0 amide bonds. The number of hydrogen-bond acceptors (Lipinski definition) is 6. The molecule has 0 unspecified atom stereocenters. The van der Waals surface area contributed by atoms with E-state index in [0.717, 1.165) is 37.2 Å². The van der Waals surface area contributed by atoms with Crippen LogP contribution in [-0.2, 0) is 24.1 Å². The van der Waals surface area contributed by atoms with Crippen molar-refractivity contribution in [1.82, 2.24) is 19.7 Å². The molecule has 0 radical (unpaired) electrons. The molecule has 1 saturated heterocycles. The summed E-state index contributed by atoms with van der Waals surface area (Å²) in [6.07, 6.45) is -2.72. The van der Waals surface area contributed by atoms with Crippen molar-refractivity contribution in [2.75, 3.05) is 18.0 Å². The monoisotopic (exact) mass is 495 g/mol. The lowest BCUT2D eigenvalue weighted by molar-refractivity contribution is -0.137. The van der Waals surface area contributed by atoms with Crippen LogP contribution in [0.15, 0.2) is 54.6 Å². The van der Waals surface area contributed by atoms with E-state index >= 15 is 0 Å².